The van der Waals surface area contributed by atoms with Crippen LogP contribution in [0.25, 0.3) is 0 Å². The summed E-state index contributed by atoms with van der Waals surface area (Å²) >= 11 is 0. The van der Waals surface area contributed by atoms with E-state index >= 15 is 0 Å². The van der Waals surface area contributed by atoms with Crippen LogP contribution in [0.2, 0.25) is 0 Å². The lowest BCUT2D eigenvalue weighted by atomic mass is 10.1. The molecule has 0 aliphatic heterocycles. The molecule has 0 radical (unpaired) electrons. The highest BCUT2D eigenvalue weighted by molar-refractivity contribution is 5.76. The predicted molar refractivity (Wildman–Crippen MR) is 68.2 cm³/mol. The third-order valence-electron chi connectivity index (χ3n) is 2.99. The van der Waals surface area contributed by atoms with E-state index in [1.807, 2.05) is 14.0 Å². The zero-order valence-corrected chi connectivity index (χ0v) is 11.1. The van der Waals surface area contributed by atoms with Crippen molar-refractivity contribution in [1.29, 1.82) is 0 Å². The average Bonchev–Trinajstić information content (AvgIpc) is 2.25. The molecule has 0 rings (SSSR count). The van der Waals surface area contributed by atoms with Crippen molar-refractivity contribution in [2.45, 2.75) is 39.7 Å². The highest BCUT2D eigenvalue weighted by Gasteiger charge is 2.17. The first kappa shape index (κ1) is 15.4. The van der Waals surface area contributed by atoms with E-state index in [1.54, 1.807) is 0 Å². The van der Waals surface area contributed by atoms with Gasteiger partial charge in [0.25, 0.3) is 0 Å². The Kier molecular flexibility index (Phi) is 8.21. The van der Waals surface area contributed by atoms with Crippen molar-refractivity contribution in [1.82, 2.24) is 10.2 Å². The van der Waals surface area contributed by atoms with Crippen molar-refractivity contribution < 1.29 is 4.79 Å². The Hall–Kier alpha value is -0.610. The van der Waals surface area contributed by atoms with Crippen LogP contribution in [0.3, 0.4) is 0 Å². The molecule has 0 bridgehead atoms. The minimum atomic E-state index is 0.0916. The summed E-state index contributed by atoms with van der Waals surface area (Å²) in [5.74, 6) is 0.738. The third kappa shape index (κ3) is 6.08. The molecule has 0 saturated carbocycles. The van der Waals surface area contributed by atoms with Crippen LogP contribution in [0.1, 0.15) is 33.6 Å². The van der Waals surface area contributed by atoms with Gasteiger partial charge >= 0.3 is 0 Å². The van der Waals surface area contributed by atoms with Gasteiger partial charge in [-0.25, -0.2) is 0 Å². The molecule has 0 spiro atoms. The van der Waals surface area contributed by atoms with E-state index in [0.717, 1.165) is 13.0 Å². The first-order valence-electron chi connectivity index (χ1n) is 6.22. The minimum Gasteiger partial charge on any atom is -0.356 e. The Morgan fingerprint density at radius 1 is 1.44 bits per heavy atom. The number of hydrogen-bond acceptors (Lipinski definition) is 3. The van der Waals surface area contributed by atoms with Crippen LogP contribution in [-0.2, 0) is 4.79 Å². The van der Waals surface area contributed by atoms with Crippen LogP contribution in [0, 0.1) is 5.92 Å². The lowest BCUT2D eigenvalue weighted by molar-refractivity contribution is -0.122. The van der Waals surface area contributed by atoms with Gasteiger partial charge in [0.2, 0.25) is 5.91 Å². The number of carbonyl (C=O) groups is 1. The van der Waals surface area contributed by atoms with Crippen molar-refractivity contribution in [3.8, 4) is 0 Å². The van der Waals surface area contributed by atoms with Crippen LogP contribution in [-0.4, -0.2) is 43.5 Å². The summed E-state index contributed by atoms with van der Waals surface area (Å²) in [5, 5.41) is 2.81. The summed E-state index contributed by atoms with van der Waals surface area (Å²) in [4.78, 5) is 13.7. The molecule has 1 amide bonds. The van der Waals surface area contributed by atoms with Crippen LogP contribution >= 0.6 is 0 Å². The normalized spacial score (nSPS) is 14.9. The molecule has 96 valence electrons. The van der Waals surface area contributed by atoms with Gasteiger partial charge in [-0.05, 0) is 19.9 Å². The van der Waals surface area contributed by atoms with E-state index in [9.17, 15) is 4.79 Å². The molecule has 0 aromatic rings. The molecular formula is C12H27N3O. The fourth-order valence-electron chi connectivity index (χ4n) is 1.67. The van der Waals surface area contributed by atoms with Gasteiger partial charge in [0.15, 0.2) is 0 Å². The van der Waals surface area contributed by atoms with Gasteiger partial charge in [-0.2, -0.15) is 0 Å². The maximum absolute atomic E-state index is 11.5. The first-order valence-corrected chi connectivity index (χ1v) is 6.22. The smallest absolute Gasteiger partial charge is 0.221 e. The molecule has 4 nitrogen and oxygen atoms in total. The number of likely N-dealkylation sites (N-methyl/N-ethyl adjacent to an activating group) is 1. The van der Waals surface area contributed by atoms with Crippen molar-refractivity contribution in [3.63, 3.8) is 0 Å². The minimum absolute atomic E-state index is 0.0916. The molecule has 0 aliphatic rings. The van der Waals surface area contributed by atoms with Gasteiger partial charge in [-0.15, -0.1) is 0 Å². The van der Waals surface area contributed by atoms with E-state index in [2.05, 4.69) is 24.1 Å². The van der Waals surface area contributed by atoms with Gasteiger partial charge in [-0.1, -0.05) is 20.3 Å². The number of amides is 1. The van der Waals surface area contributed by atoms with Gasteiger partial charge < -0.3 is 16.0 Å². The zero-order valence-electron chi connectivity index (χ0n) is 11.1. The van der Waals surface area contributed by atoms with Crippen LogP contribution in [0.4, 0.5) is 0 Å². The second-order valence-corrected chi connectivity index (χ2v) is 4.50. The first-order chi connectivity index (χ1) is 7.54. The number of rotatable bonds is 8. The standard InChI is InChI=1S/C12H27N3O/c1-5-10(3)9-15(4)11(8-13)7-12(16)14-6-2/h10-11H,5-9,13H2,1-4H3,(H,14,16). The number of nitrogens with one attached hydrogen (secondary N) is 1. The summed E-state index contributed by atoms with van der Waals surface area (Å²) < 4.78 is 0. The van der Waals surface area contributed by atoms with Gasteiger partial charge in [0.1, 0.15) is 0 Å². The molecular weight excluding hydrogens is 202 g/mol. The number of carbonyl (C=O) groups excluding carboxylic acids is 1. The largest absolute Gasteiger partial charge is 0.356 e. The monoisotopic (exact) mass is 229 g/mol. The fraction of sp³-hybridized carbons (Fsp3) is 0.917. The van der Waals surface area contributed by atoms with Gasteiger partial charge in [0.05, 0.1) is 0 Å². The second kappa shape index (κ2) is 8.53. The van der Waals surface area contributed by atoms with Crippen LogP contribution in [0.5, 0.6) is 0 Å². The Morgan fingerprint density at radius 3 is 2.50 bits per heavy atom. The fourth-order valence-corrected chi connectivity index (χ4v) is 1.67. The van der Waals surface area contributed by atoms with Crippen molar-refractivity contribution in [3.05, 3.63) is 0 Å². The molecule has 0 saturated heterocycles. The van der Waals surface area contributed by atoms with Crippen LogP contribution in [0.15, 0.2) is 0 Å². The third-order valence-corrected chi connectivity index (χ3v) is 2.99. The summed E-state index contributed by atoms with van der Waals surface area (Å²) in [6, 6.07) is 0.153. The number of nitrogens with zero attached hydrogens (tertiary/aromatic N) is 1. The topological polar surface area (TPSA) is 58.4 Å². The van der Waals surface area contributed by atoms with Gasteiger partial charge in [0, 0.05) is 32.1 Å². The summed E-state index contributed by atoms with van der Waals surface area (Å²) in [6.07, 6.45) is 1.65. The summed E-state index contributed by atoms with van der Waals surface area (Å²) in [7, 11) is 2.04. The molecule has 16 heavy (non-hydrogen) atoms. The predicted octanol–water partition coefficient (Wildman–Crippen LogP) is 0.818. The van der Waals surface area contributed by atoms with Crippen molar-refractivity contribution in [2.24, 2.45) is 11.7 Å². The molecule has 0 fully saturated rings. The lowest BCUT2D eigenvalue weighted by Crippen LogP contribution is -2.43. The lowest BCUT2D eigenvalue weighted by Gasteiger charge is -2.28. The van der Waals surface area contributed by atoms with Crippen molar-refractivity contribution >= 4 is 5.91 Å². The highest BCUT2D eigenvalue weighted by atomic mass is 16.1. The second-order valence-electron chi connectivity index (χ2n) is 4.50. The maximum atomic E-state index is 11.5. The quantitative estimate of drug-likeness (QED) is 0.648. The van der Waals surface area contributed by atoms with E-state index < -0.39 is 0 Å². The highest BCUT2D eigenvalue weighted by Crippen LogP contribution is 2.07. The average molecular weight is 229 g/mol. The molecule has 3 N–H and O–H groups in total. The van der Waals surface area contributed by atoms with E-state index in [0.29, 0.717) is 25.4 Å². The van der Waals surface area contributed by atoms with Crippen molar-refractivity contribution in [2.75, 3.05) is 26.7 Å². The summed E-state index contributed by atoms with van der Waals surface area (Å²) in [5.41, 5.74) is 5.71. The number of hydrogen-bond donors (Lipinski definition) is 2. The Balaban J connectivity index is 4.10. The Morgan fingerprint density at radius 2 is 2.06 bits per heavy atom. The zero-order chi connectivity index (χ0) is 12.6. The SMILES string of the molecule is CCNC(=O)CC(CN)N(C)CC(C)CC. The molecule has 2 atom stereocenters. The Bertz CT molecular complexity index is 197. The molecule has 0 heterocycles. The molecule has 2 unspecified atom stereocenters. The van der Waals surface area contributed by atoms with Crippen LogP contribution < -0.4 is 11.1 Å². The molecule has 4 heteroatoms. The maximum Gasteiger partial charge on any atom is 0.221 e. The van der Waals surface area contributed by atoms with Gasteiger partial charge in [-0.3, -0.25) is 4.79 Å². The van der Waals surface area contributed by atoms with E-state index in [4.69, 9.17) is 5.73 Å². The molecule has 0 aromatic heterocycles. The number of nitrogens with two attached hydrogens (primary N) is 1. The van der Waals surface area contributed by atoms with E-state index in [-0.39, 0.29) is 11.9 Å². The van der Waals surface area contributed by atoms with E-state index in [1.165, 1.54) is 0 Å². The Labute approximate surface area is 99.6 Å². The molecule has 0 aromatic carbocycles. The molecule has 0 aliphatic carbocycles. The summed E-state index contributed by atoms with van der Waals surface area (Å²) in [6.45, 7) is 8.54.